The molecule has 0 spiro atoms. The van der Waals surface area contributed by atoms with E-state index in [1.165, 1.54) is 15.3 Å². The highest BCUT2D eigenvalue weighted by molar-refractivity contribution is 7.11. The number of hydrogen-bond donors (Lipinski definition) is 2. The summed E-state index contributed by atoms with van der Waals surface area (Å²) in [4.78, 5) is 26.2. The van der Waals surface area contributed by atoms with E-state index < -0.39 is 0 Å². The molecule has 2 aromatic heterocycles. The second-order valence-electron chi connectivity index (χ2n) is 6.56. The summed E-state index contributed by atoms with van der Waals surface area (Å²) in [6, 6.07) is 2.12. The summed E-state index contributed by atoms with van der Waals surface area (Å²) >= 11 is 3.52. The third kappa shape index (κ3) is 5.29. The Bertz CT molecular complexity index is 791. The van der Waals surface area contributed by atoms with Gasteiger partial charge in [-0.1, -0.05) is 0 Å². The second-order valence-corrected chi connectivity index (χ2v) is 8.84. The number of aliphatic imine (C=N–C) groups is 1. The molecule has 1 aliphatic heterocycles. The van der Waals surface area contributed by atoms with Crippen molar-refractivity contribution >= 4 is 34.5 Å². The average molecular weight is 406 g/mol. The number of amides is 1. The normalized spacial score (nSPS) is 14.2. The minimum Gasteiger partial charge on any atom is -0.357 e. The number of aromatic nitrogens is 1. The number of hydrogen-bond acceptors (Lipinski definition) is 5. The smallest absolute Gasteiger partial charge is 0.244 e. The SMILES string of the molecule is CCNC(=NCC(=O)N1CCc2sccc2C1)NCCc1nc(C)c(C)s1. The lowest BCUT2D eigenvalue weighted by Gasteiger charge is -2.26. The summed E-state index contributed by atoms with van der Waals surface area (Å²) in [7, 11) is 0. The third-order valence-corrected chi connectivity index (χ3v) is 6.74. The molecule has 8 heteroatoms. The van der Waals surface area contributed by atoms with Crippen LogP contribution in [-0.2, 0) is 24.2 Å². The highest BCUT2D eigenvalue weighted by Gasteiger charge is 2.21. The van der Waals surface area contributed by atoms with Crippen molar-refractivity contribution in [3.05, 3.63) is 37.5 Å². The van der Waals surface area contributed by atoms with E-state index in [-0.39, 0.29) is 12.5 Å². The summed E-state index contributed by atoms with van der Waals surface area (Å²) in [6.45, 7) is 9.33. The van der Waals surface area contributed by atoms with Crippen molar-refractivity contribution in [2.45, 2.75) is 40.2 Å². The van der Waals surface area contributed by atoms with Gasteiger partial charge >= 0.3 is 0 Å². The van der Waals surface area contributed by atoms with Gasteiger partial charge in [-0.15, -0.1) is 22.7 Å². The Labute approximate surface area is 168 Å². The number of carbonyl (C=O) groups excluding carboxylic acids is 1. The molecule has 0 aliphatic carbocycles. The molecule has 0 unspecified atom stereocenters. The third-order valence-electron chi connectivity index (χ3n) is 4.58. The lowest BCUT2D eigenvalue weighted by atomic mass is 10.1. The predicted molar refractivity (Wildman–Crippen MR) is 113 cm³/mol. The van der Waals surface area contributed by atoms with Gasteiger partial charge in [0.2, 0.25) is 5.91 Å². The van der Waals surface area contributed by atoms with Crippen LogP contribution < -0.4 is 10.6 Å². The monoisotopic (exact) mass is 405 g/mol. The molecule has 3 rings (SSSR count). The average Bonchev–Trinajstić information content (AvgIpc) is 3.25. The lowest BCUT2D eigenvalue weighted by Crippen LogP contribution is -2.40. The largest absolute Gasteiger partial charge is 0.357 e. The summed E-state index contributed by atoms with van der Waals surface area (Å²) < 4.78 is 0. The summed E-state index contributed by atoms with van der Waals surface area (Å²) in [5, 5.41) is 9.75. The zero-order valence-corrected chi connectivity index (χ0v) is 17.8. The topological polar surface area (TPSA) is 69.6 Å². The van der Waals surface area contributed by atoms with Gasteiger partial charge in [-0.2, -0.15) is 0 Å². The van der Waals surface area contributed by atoms with E-state index in [9.17, 15) is 4.79 Å². The molecule has 27 heavy (non-hydrogen) atoms. The van der Waals surface area contributed by atoms with E-state index in [1.807, 2.05) is 18.7 Å². The Morgan fingerprint density at radius 1 is 1.37 bits per heavy atom. The summed E-state index contributed by atoms with van der Waals surface area (Å²) in [5.41, 5.74) is 2.39. The van der Waals surface area contributed by atoms with Gasteiger partial charge in [0, 0.05) is 42.4 Å². The zero-order chi connectivity index (χ0) is 19.2. The van der Waals surface area contributed by atoms with Crippen LogP contribution in [0, 0.1) is 13.8 Å². The molecule has 1 amide bonds. The molecule has 1 aliphatic rings. The first-order chi connectivity index (χ1) is 13.1. The number of nitrogens with one attached hydrogen (secondary N) is 2. The molecule has 0 saturated heterocycles. The second kappa shape index (κ2) is 9.32. The van der Waals surface area contributed by atoms with Crippen LogP contribution in [0.1, 0.15) is 32.9 Å². The van der Waals surface area contributed by atoms with Gasteiger partial charge in [0.25, 0.3) is 0 Å². The van der Waals surface area contributed by atoms with E-state index in [1.54, 1.807) is 22.7 Å². The van der Waals surface area contributed by atoms with Crippen LogP contribution in [0.2, 0.25) is 0 Å². The fourth-order valence-electron chi connectivity index (χ4n) is 2.98. The fraction of sp³-hybridized carbons (Fsp3) is 0.526. The molecule has 3 heterocycles. The van der Waals surface area contributed by atoms with E-state index in [0.717, 1.165) is 43.2 Å². The molecule has 0 aromatic carbocycles. The molecule has 0 atom stereocenters. The first kappa shape index (κ1) is 19.8. The number of aryl methyl sites for hydroxylation is 2. The molecular weight excluding hydrogens is 378 g/mol. The lowest BCUT2D eigenvalue weighted by molar-refractivity contribution is -0.130. The van der Waals surface area contributed by atoms with E-state index >= 15 is 0 Å². The predicted octanol–water partition coefficient (Wildman–Crippen LogP) is 2.50. The standard InChI is InChI=1S/C19H27N5OS2/c1-4-20-19(21-8-5-17-23-13(2)14(3)27-17)22-11-18(25)24-9-6-16-15(12-24)7-10-26-16/h7,10H,4-6,8-9,11-12H2,1-3H3,(H2,20,21,22). The first-order valence-corrected chi connectivity index (χ1v) is 11.0. The Morgan fingerprint density at radius 3 is 2.96 bits per heavy atom. The summed E-state index contributed by atoms with van der Waals surface area (Å²) in [5.74, 6) is 0.763. The van der Waals surface area contributed by atoms with Crippen LogP contribution in [0.5, 0.6) is 0 Å². The fourth-order valence-corrected chi connectivity index (χ4v) is 4.81. The van der Waals surface area contributed by atoms with Crippen molar-refractivity contribution in [3.63, 3.8) is 0 Å². The molecule has 2 N–H and O–H groups in total. The molecule has 0 bridgehead atoms. The number of guanidine groups is 1. The van der Waals surface area contributed by atoms with Crippen LogP contribution in [0.15, 0.2) is 16.4 Å². The van der Waals surface area contributed by atoms with Gasteiger partial charge in [0.15, 0.2) is 5.96 Å². The molecular formula is C19H27N5OS2. The number of thiophene rings is 1. The Kier molecular flexibility index (Phi) is 6.84. The highest BCUT2D eigenvalue weighted by Crippen LogP contribution is 2.23. The van der Waals surface area contributed by atoms with Gasteiger partial charge in [0.1, 0.15) is 6.54 Å². The first-order valence-electron chi connectivity index (χ1n) is 9.35. The van der Waals surface area contributed by atoms with Gasteiger partial charge in [0.05, 0.1) is 10.7 Å². The van der Waals surface area contributed by atoms with Crippen LogP contribution in [-0.4, -0.2) is 47.9 Å². The van der Waals surface area contributed by atoms with Crippen LogP contribution in [0.25, 0.3) is 0 Å². The minimum atomic E-state index is 0.0789. The number of nitrogens with zero attached hydrogens (tertiary/aromatic N) is 3. The van der Waals surface area contributed by atoms with Gasteiger partial charge in [-0.25, -0.2) is 9.98 Å². The molecule has 0 radical (unpaired) electrons. The molecule has 0 fully saturated rings. The maximum absolute atomic E-state index is 12.5. The maximum Gasteiger partial charge on any atom is 0.244 e. The molecule has 2 aromatic rings. The summed E-state index contributed by atoms with van der Waals surface area (Å²) in [6.07, 6.45) is 1.80. The van der Waals surface area contributed by atoms with Crippen LogP contribution >= 0.6 is 22.7 Å². The van der Waals surface area contributed by atoms with Crippen molar-refractivity contribution in [3.8, 4) is 0 Å². The molecule has 0 saturated carbocycles. The molecule has 6 nitrogen and oxygen atoms in total. The van der Waals surface area contributed by atoms with Crippen molar-refractivity contribution in [2.75, 3.05) is 26.2 Å². The van der Waals surface area contributed by atoms with Crippen molar-refractivity contribution < 1.29 is 4.79 Å². The van der Waals surface area contributed by atoms with E-state index in [2.05, 4.69) is 39.0 Å². The van der Waals surface area contributed by atoms with Crippen molar-refractivity contribution in [2.24, 2.45) is 4.99 Å². The van der Waals surface area contributed by atoms with Crippen molar-refractivity contribution in [1.29, 1.82) is 0 Å². The highest BCUT2D eigenvalue weighted by atomic mass is 32.1. The molecule has 146 valence electrons. The van der Waals surface area contributed by atoms with E-state index in [4.69, 9.17) is 0 Å². The number of thiazole rings is 1. The number of carbonyl (C=O) groups is 1. The van der Waals surface area contributed by atoms with Gasteiger partial charge < -0.3 is 15.5 Å². The zero-order valence-electron chi connectivity index (χ0n) is 16.2. The van der Waals surface area contributed by atoms with E-state index in [0.29, 0.717) is 12.5 Å². The Morgan fingerprint density at radius 2 is 2.22 bits per heavy atom. The Hall–Kier alpha value is -1.93. The number of fused-ring (bicyclic) bond motifs is 1. The minimum absolute atomic E-state index is 0.0789. The Balaban J connectivity index is 1.50. The van der Waals surface area contributed by atoms with Crippen LogP contribution in [0.4, 0.5) is 0 Å². The quantitative estimate of drug-likeness (QED) is 0.572. The maximum atomic E-state index is 12.5. The van der Waals surface area contributed by atoms with Crippen molar-refractivity contribution in [1.82, 2.24) is 20.5 Å². The van der Waals surface area contributed by atoms with Gasteiger partial charge in [-0.05, 0) is 44.2 Å². The van der Waals surface area contributed by atoms with Crippen LogP contribution in [0.3, 0.4) is 0 Å². The van der Waals surface area contributed by atoms with Gasteiger partial charge in [-0.3, -0.25) is 4.79 Å². The number of rotatable bonds is 6.